The van der Waals surface area contributed by atoms with E-state index in [1.54, 1.807) is 27.7 Å². The summed E-state index contributed by atoms with van der Waals surface area (Å²) in [5.41, 5.74) is 5.66. The number of hydrogen-bond donors (Lipinski definition) is 1. The Morgan fingerprint density at radius 1 is 1.60 bits per heavy atom. The van der Waals surface area contributed by atoms with Crippen LogP contribution >= 0.6 is 0 Å². The van der Waals surface area contributed by atoms with E-state index < -0.39 is 11.7 Å². The van der Waals surface area contributed by atoms with Gasteiger partial charge in [0.15, 0.2) is 0 Å². The molecule has 0 saturated heterocycles. The third-order valence-electron chi connectivity index (χ3n) is 2.00. The van der Waals surface area contributed by atoms with Crippen molar-refractivity contribution in [3.8, 4) is 0 Å². The molecule has 1 rings (SSSR count). The van der Waals surface area contributed by atoms with Crippen LogP contribution in [0.1, 0.15) is 27.7 Å². The zero-order valence-electron chi connectivity index (χ0n) is 9.57. The van der Waals surface area contributed by atoms with Crippen molar-refractivity contribution in [3.63, 3.8) is 0 Å². The summed E-state index contributed by atoms with van der Waals surface area (Å²) in [6.07, 6.45) is -0.503. The van der Waals surface area contributed by atoms with Crippen LogP contribution in [0.4, 0.5) is 4.79 Å². The predicted octanol–water partition coefficient (Wildman–Crippen LogP) is 1.45. The number of amides is 1. The van der Waals surface area contributed by atoms with Gasteiger partial charge >= 0.3 is 6.09 Å². The van der Waals surface area contributed by atoms with Gasteiger partial charge in [-0.25, -0.2) is 4.79 Å². The lowest BCUT2D eigenvalue weighted by Crippen LogP contribution is -2.36. The van der Waals surface area contributed by atoms with E-state index in [2.05, 4.69) is 11.7 Å². The second-order valence-corrected chi connectivity index (χ2v) is 4.51. The van der Waals surface area contributed by atoms with Crippen LogP contribution in [0.15, 0.2) is 17.3 Å². The van der Waals surface area contributed by atoms with Crippen molar-refractivity contribution in [2.75, 3.05) is 0 Å². The highest BCUT2D eigenvalue weighted by molar-refractivity contribution is 6.00. The number of nitrogens with zero attached hydrogens (tertiary/aromatic N) is 2. The molecule has 1 unspecified atom stereocenters. The molecule has 84 valence electrons. The summed E-state index contributed by atoms with van der Waals surface area (Å²) >= 11 is 0. The zero-order chi connectivity index (χ0) is 11.8. The van der Waals surface area contributed by atoms with Gasteiger partial charge in [-0.3, -0.25) is 0 Å². The Morgan fingerprint density at radius 2 is 2.13 bits per heavy atom. The van der Waals surface area contributed by atoms with E-state index in [1.165, 1.54) is 5.01 Å². The Labute approximate surface area is 89.6 Å². The van der Waals surface area contributed by atoms with Gasteiger partial charge in [0.25, 0.3) is 0 Å². The van der Waals surface area contributed by atoms with Crippen molar-refractivity contribution >= 4 is 11.9 Å². The first-order valence-corrected chi connectivity index (χ1v) is 4.78. The van der Waals surface area contributed by atoms with Crippen LogP contribution in [-0.2, 0) is 4.74 Å². The molecule has 1 aliphatic rings. The molecule has 5 nitrogen and oxygen atoms in total. The lowest BCUT2D eigenvalue weighted by atomic mass is 10.1. The number of ether oxygens (including phenoxy) is 1. The van der Waals surface area contributed by atoms with Gasteiger partial charge in [-0.2, -0.15) is 5.01 Å². The fourth-order valence-corrected chi connectivity index (χ4v) is 1.14. The molecule has 1 heterocycles. The highest BCUT2D eigenvalue weighted by atomic mass is 16.6. The topological polar surface area (TPSA) is 67.9 Å². The summed E-state index contributed by atoms with van der Waals surface area (Å²) in [7, 11) is 0. The molecule has 0 saturated carbocycles. The van der Waals surface area contributed by atoms with E-state index in [0.717, 1.165) is 0 Å². The van der Waals surface area contributed by atoms with Crippen molar-refractivity contribution in [1.29, 1.82) is 0 Å². The van der Waals surface area contributed by atoms with Crippen LogP contribution in [0, 0.1) is 0 Å². The smallest absolute Gasteiger partial charge is 0.431 e. The van der Waals surface area contributed by atoms with Gasteiger partial charge in [0.2, 0.25) is 0 Å². The number of amidine groups is 1. The van der Waals surface area contributed by atoms with Gasteiger partial charge in [-0.15, -0.1) is 5.10 Å². The summed E-state index contributed by atoms with van der Waals surface area (Å²) in [6.45, 7) is 10.9. The standard InChI is InChI=1S/C10H17N3O2/c1-6-7(2)13(12-8(6)11)9(14)15-10(3,4)5/h7H,1H2,2-5H3,(H2,11,12). The third-order valence-corrected chi connectivity index (χ3v) is 2.00. The highest BCUT2D eigenvalue weighted by Crippen LogP contribution is 2.20. The Balaban J connectivity index is 2.75. The van der Waals surface area contributed by atoms with E-state index in [9.17, 15) is 4.79 Å². The van der Waals surface area contributed by atoms with Crippen LogP contribution in [0.3, 0.4) is 0 Å². The summed E-state index contributed by atoms with van der Waals surface area (Å²) in [4.78, 5) is 11.7. The molecule has 1 amide bonds. The monoisotopic (exact) mass is 211 g/mol. The average Bonchev–Trinajstić information content (AvgIpc) is 2.30. The van der Waals surface area contributed by atoms with E-state index in [0.29, 0.717) is 5.57 Å². The fraction of sp³-hybridized carbons (Fsp3) is 0.600. The maximum absolute atomic E-state index is 11.7. The van der Waals surface area contributed by atoms with E-state index >= 15 is 0 Å². The van der Waals surface area contributed by atoms with Gasteiger partial charge in [0, 0.05) is 5.57 Å². The largest absolute Gasteiger partial charge is 0.442 e. The molecule has 0 bridgehead atoms. The average molecular weight is 211 g/mol. The van der Waals surface area contributed by atoms with Crippen LogP contribution < -0.4 is 5.73 Å². The van der Waals surface area contributed by atoms with E-state index in [-0.39, 0.29) is 11.9 Å². The van der Waals surface area contributed by atoms with Gasteiger partial charge < -0.3 is 10.5 Å². The quantitative estimate of drug-likeness (QED) is 0.659. The maximum Gasteiger partial charge on any atom is 0.431 e. The minimum absolute atomic E-state index is 0.236. The van der Waals surface area contributed by atoms with Crippen LogP contribution in [0.25, 0.3) is 0 Å². The molecule has 1 aliphatic heterocycles. The first-order valence-electron chi connectivity index (χ1n) is 4.78. The molecule has 0 fully saturated rings. The number of carbonyl (C=O) groups excluding carboxylic acids is 1. The Bertz CT molecular complexity index is 328. The molecule has 0 aliphatic carbocycles. The van der Waals surface area contributed by atoms with Crippen LogP contribution in [0.5, 0.6) is 0 Å². The maximum atomic E-state index is 11.7. The van der Waals surface area contributed by atoms with Crippen molar-refractivity contribution in [2.45, 2.75) is 39.3 Å². The zero-order valence-corrected chi connectivity index (χ0v) is 9.57. The molecule has 15 heavy (non-hydrogen) atoms. The Kier molecular flexibility index (Phi) is 2.75. The molecule has 5 heteroatoms. The number of nitrogens with two attached hydrogens (primary N) is 1. The van der Waals surface area contributed by atoms with Gasteiger partial charge in [-0.1, -0.05) is 6.58 Å². The number of rotatable bonds is 0. The predicted molar refractivity (Wildman–Crippen MR) is 58.3 cm³/mol. The fourth-order valence-electron chi connectivity index (χ4n) is 1.14. The van der Waals surface area contributed by atoms with Crippen molar-refractivity contribution < 1.29 is 9.53 Å². The van der Waals surface area contributed by atoms with Crippen molar-refractivity contribution in [3.05, 3.63) is 12.2 Å². The van der Waals surface area contributed by atoms with Crippen molar-refractivity contribution in [1.82, 2.24) is 5.01 Å². The van der Waals surface area contributed by atoms with E-state index in [4.69, 9.17) is 10.5 Å². The minimum Gasteiger partial charge on any atom is -0.442 e. The minimum atomic E-state index is -0.537. The molecule has 0 spiro atoms. The summed E-state index contributed by atoms with van der Waals surface area (Å²) in [5, 5.41) is 5.10. The third kappa shape index (κ3) is 2.49. The lowest BCUT2D eigenvalue weighted by molar-refractivity contribution is 0.0229. The van der Waals surface area contributed by atoms with Gasteiger partial charge in [0.05, 0.1) is 6.04 Å². The summed E-state index contributed by atoms with van der Waals surface area (Å²) in [5.74, 6) is 0.286. The molecule has 0 radical (unpaired) electrons. The summed E-state index contributed by atoms with van der Waals surface area (Å²) < 4.78 is 5.17. The number of hydrazone groups is 1. The molecule has 0 aromatic rings. The second kappa shape index (κ2) is 3.56. The molecule has 2 N–H and O–H groups in total. The highest BCUT2D eigenvalue weighted by Gasteiger charge is 2.33. The van der Waals surface area contributed by atoms with E-state index in [1.807, 2.05) is 0 Å². The SMILES string of the molecule is C=C1C(N)=NN(C(=O)OC(C)(C)C)C1C. The van der Waals surface area contributed by atoms with Gasteiger partial charge in [0.1, 0.15) is 11.4 Å². The number of hydrogen-bond acceptors (Lipinski definition) is 4. The van der Waals surface area contributed by atoms with Crippen LogP contribution in [0.2, 0.25) is 0 Å². The van der Waals surface area contributed by atoms with Gasteiger partial charge in [-0.05, 0) is 27.7 Å². The first-order chi connectivity index (χ1) is 6.72. The van der Waals surface area contributed by atoms with Crippen LogP contribution in [-0.4, -0.2) is 28.6 Å². The molecular weight excluding hydrogens is 194 g/mol. The molecule has 0 aromatic heterocycles. The van der Waals surface area contributed by atoms with Crippen molar-refractivity contribution in [2.24, 2.45) is 10.8 Å². The first kappa shape index (κ1) is 11.6. The molecular formula is C10H17N3O2. The normalized spacial score (nSPS) is 21.6. The Morgan fingerprint density at radius 3 is 2.47 bits per heavy atom. The Hall–Kier alpha value is -1.52. The summed E-state index contributed by atoms with van der Waals surface area (Å²) in [6, 6.07) is -0.236. The lowest BCUT2D eigenvalue weighted by Gasteiger charge is -2.24. The second-order valence-electron chi connectivity index (χ2n) is 4.51. The molecule has 0 aromatic carbocycles. The number of carbonyl (C=O) groups is 1. The molecule has 1 atom stereocenters.